The molecule has 0 bridgehead atoms. The predicted octanol–water partition coefficient (Wildman–Crippen LogP) is 3.71. The third kappa shape index (κ3) is 4.34. The van der Waals surface area contributed by atoms with E-state index in [0.717, 1.165) is 11.3 Å². The van der Waals surface area contributed by atoms with Crippen LogP contribution in [0.25, 0.3) is 0 Å². The highest BCUT2D eigenvalue weighted by atomic mass is 35.5. The molecule has 1 unspecified atom stereocenters. The molecule has 1 saturated heterocycles. The van der Waals surface area contributed by atoms with Crippen LogP contribution in [0.1, 0.15) is 18.4 Å². The first-order valence-corrected chi connectivity index (χ1v) is 10.7. The number of hydrogen-bond acceptors (Lipinski definition) is 3. The summed E-state index contributed by atoms with van der Waals surface area (Å²) in [4.78, 5) is 14.7. The van der Waals surface area contributed by atoms with Gasteiger partial charge in [-0.2, -0.15) is 4.31 Å². The van der Waals surface area contributed by atoms with Gasteiger partial charge in [-0.3, -0.25) is 4.79 Å². The van der Waals surface area contributed by atoms with Crippen LogP contribution in [0.3, 0.4) is 0 Å². The molecule has 0 radical (unpaired) electrons. The molecule has 2 aromatic carbocycles. The van der Waals surface area contributed by atoms with Gasteiger partial charge >= 0.3 is 0 Å². The van der Waals surface area contributed by atoms with E-state index in [0.29, 0.717) is 24.4 Å². The number of sulfonamides is 1. The molecule has 144 valence electrons. The second kappa shape index (κ2) is 8.00. The fourth-order valence-corrected chi connectivity index (χ4v) is 4.94. The summed E-state index contributed by atoms with van der Waals surface area (Å²) in [6.07, 6.45) is 1.34. The summed E-state index contributed by atoms with van der Waals surface area (Å²) < 4.78 is 27.2. The van der Waals surface area contributed by atoms with Gasteiger partial charge in [0.1, 0.15) is 0 Å². The molecule has 0 aliphatic carbocycles. The van der Waals surface area contributed by atoms with Crippen molar-refractivity contribution in [2.24, 2.45) is 5.92 Å². The Labute approximate surface area is 165 Å². The Bertz CT molecular complexity index is 911. The Hall–Kier alpha value is -1.89. The Morgan fingerprint density at radius 1 is 1.11 bits per heavy atom. The molecule has 2 aromatic rings. The lowest BCUT2D eigenvalue weighted by Gasteiger charge is -2.33. The van der Waals surface area contributed by atoms with Crippen molar-refractivity contribution in [3.05, 3.63) is 59.1 Å². The van der Waals surface area contributed by atoms with Crippen molar-refractivity contribution in [1.29, 1.82) is 0 Å². The highest BCUT2D eigenvalue weighted by Crippen LogP contribution is 2.27. The number of piperidine rings is 1. The molecule has 3 rings (SSSR count). The number of halogens is 1. The van der Waals surface area contributed by atoms with E-state index < -0.39 is 10.0 Å². The molecular formula is C20H23ClN2O3S. The number of rotatable bonds is 4. The average Bonchev–Trinajstić information content (AvgIpc) is 2.68. The van der Waals surface area contributed by atoms with Gasteiger partial charge in [-0.15, -0.1) is 0 Å². The van der Waals surface area contributed by atoms with E-state index in [1.807, 2.05) is 31.2 Å². The van der Waals surface area contributed by atoms with E-state index in [2.05, 4.69) is 0 Å². The second-order valence-electron chi connectivity index (χ2n) is 6.89. The molecule has 7 heteroatoms. The lowest BCUT2D eigenvalue weighted by Crippen LogP contribution is -2.45. The Balaban J connectivity index is 1.76. The smallest absolute Gasteiger partial charge is 0.243 e. The van der Waals surface area contributed by atoms with Crippen molar-refractivity contribution in [2.45, 2.75) is 24.7 Å². The van der Waals surface area contributed by atoms with Crippen molar-refractivity contribution >= 4 is 33.2 Å². The maximum Gasteiger partial charge on any atom is 0.243 e. The number of hydrogen-bond donors (Lipinski definition) is 0. The molecule has 1 amide bonds. The summed E-state index contributed by atoms with van der Waals surface area (Å²) in [6.45, 7) is 2.61. The number of carbonyl (C=O) groups is 1. The average molecular weight is 407 g/mol. The first-order valence-electron chi connectivity index (χ1n) is 8.89. The lowest BCUT2D eigenvalue weighted by atomic mass is 9.98. The van der Waals surface area contributed by atoms with Crippen LogP contribution in [-0.4, -0.2) is 38.8 Å². The molecule has 1 aliphatic rings. The topological polar surface area (TPSA) is 57.7 Å². The van der Waals surface area contributed by atoms with Crippen LogP contribution in [0.4, 0.5) is 5.69 Å². The van der Waals surface area contributed by atoms with Crippen LogP contribution in [0, 0.1) is 12.8 Å². The van der Waals surface area contributed by atoms with Gasteiger partial charge in [0.15, 0.2) is 0 Å². The fraction of sp³-hybridized carbons (Fsp3) is 0.350. The quantitative estimate of drug-likeness (QED) is 0.777. The maximum absolute atomic E-state index is 12.9. The first kappa shape index (κ1) is 19.9. The molecule has 0 aromatic heterocycles. The highest BCUT2D eigenvalue weighted by molar-refractivity contribution is 7.89. The van der Waals surface area contributed by atoms with Gasteiger partial charge in [-0.25, -0.2) is 8.42 Å². The van der Waals surface area contributed by atoms with Crippen LogP contribution in [-0.2, 0) is 14.8 Å². The first-order chi connectivity index (χ1) is 12.8. The molecule has 1 atom stereocenters. The zero-order valence-corrected chi connectivity index (χ0v) is 17.0. The highest BCUT2D eigenvalue weighted by Gasteiger charge is 2.34. The van der Waals surface area contributed by atoms with Crippen LogP contribution >= 0.6 is 11.6 Å². The van der Waals surface area contributed by atoms with E-state index in [-0.39, 0.29) is 23.3 Å². The van der Waals surface area contributed by atoms with Crippen molar-refractivity contribution in [1.82, 2.24) is 4.31 Å². The van der Waals surface area contributed by atoms with Gasteiger partial charge in [0.25, 0.3) is 0 Å². The van der Waals surface area contributed by atoms with Gasteiger partial charge < -0.3 is 4.90 Å². The molecule has 0 spiro atoms. The normalized spacial score (nSPS) is 18.3. The second-order valence-corrected chi connectivity index (χ2v) is 9.26. The molecule has 0 N–H and O–H groups in total. The van der Waals surface area contributed by atoms with Crippen LogP contribution in [0.5, 0.6) is 0 Å². The number of amides is 1. The van der Waals surface area contributed by atoms with Crippen LogP contribution in [0.15, 0.2) is 53.4 Å². The number of benzene rings is 2. The summed E-state index contributed by atoms with van der Waals surface area (Å²) in [6, 6.07) is 13.8. The number of aryl methyl sites for hydroxylation is 1. The summed E-state index contributed by atoms with van der Waals surface area (Å²) in [7, 11) is -1.90. The van der Waals surface area contributed by atoms with Gasteiger partial charge in [0, 0.05) is 30.8 Å². The van der Waals surface area contributed by atoms with Gasteiger partial charge in [-0.1, -0.05) is 29.3 Å². The summed E-state index contributed by atoms with van der Waals surface area (Å²) in [5.41, 5.74) is 1.93. The van der Waals surface area contributed by atoms with E-state index in [9.17, 15) is 13.2 Å². The zero-order valence-electron chi connectivity index (χ0n) is 15.4. The van der Waals surface area contributed by atoms with Gasteiger partial charge in [0.05, 0.1) is 10.8 Å². The summed E-state index contributed by atoms with van der Waals surface area (Å²) in [5.74, 6) is -0.415. The van der Waals surface area contributed by atoms with Crippen molar-refractivity contribution < 1.29 is 13.2 Å². The van der Waals surface area contributed by atoms with Crippen LogP contribution < -0.4 is 4.90 Å². The Morgan fingerprint density at radius 2 is 1.74 bits per heavy atom. The molecule has 1 aliphatic heterocycles. The van der Waals surface area contributed by atoms with Gasteiger partial charge in [0.2, 0.25) is 15.9 Å². The van der Waals surface area contributed by atoms with E-state index in [4.69, 9.17) is 11.6 Å². The van der Waals surface area contributed by atoms with Crippen molar-refractivity contribution in [2.75, 3.05) is 25.0 Å². The molecular weight excluding hydrogens is 384 g/mol. The van der Waals surface area contributed by atoms with E-state index in [1.165, 1.54) is 16.4 Å². The minimum atomic E-state index is -3.64. The SMILES string of the molecule is Cc1ccc(N(C)C(=O)C2CCCN(S(=O)(=O)c3ccc(Cl)cc3)C2)cc1. The van der Waals surface area contributed by atoms with Gasteiger partial charge in [-0.05, 0) is 56.2 Å². The third-order valence-electron chi connectivity index (χ3n) is 4.94. The Morgan fingerprint density at radius 3 is 2.37 bits per heavy atom. The lowest BCUT2D eigenvalue weighted by molar-refractivity contribution is -0.123. The maximum atomic E-state index is 12.9. The predicted molar refractivity (Wildman–Crippen MR) is 108 cm³/mol. The molecule has 1 fully saturated rings. The molecule has 27 heavy (non-hydrogen) atoms. The Kier molecular flexibility index (Phi) is 5.89. The standard InChI is InChI=1S/C20H23ClN2O3S/c1-15-5-9-18(10-6-15)22(2)20(24)16-4-3-13-23(14-16)27(25,26)19-11-7-17(21)8-12-19/h5-12,16H,3-4,13-14H2,1-2H3. The monoisotopic (exact) mass is 406 g/mol. The van der Waals surface area contributed by atoms with Crippen molar-refractivity contribution in [3.8, 4) is 0 Å². The molecule has 1 heterocycles. The molecule has 5 nitrogen and oxygen atoms in total. The molecule has 0 saturated carbocycles. The van der Waals surface area contributed by atoms with Crippen LogP contribution in [0.2, 0.25) is 5.02 Å². The largest absolute Gasteiger partial charge is 0.315 e. The zero-order chi connectivity index (χ0) is 19.6. The minimum Gasteiger partial charge on any atom is -0.315 e. The number of nitrogens with zero attached hydrogens (tertiary/aromatic N) is 2. The fourth-order valence-electron chi connectivity index (χ4n) is 3.29. The van der Waals surface area contributed by atoms with E-state index in [1.54, 1.807) is 24.1 Å². The summed E-state index contributed by atoms with van der Waals surface area (Å²) in [5, 5.41) is 0.486. The number of anilines is 1. The van der Waals surface area contributed by atoms with E-state index >= 15 is 0 Å². The number of carbonyl (C=O) groups excluding carboxylic acids is 1. The third-order valence-corrected chi connectivity index (χ3v) is 7.07. The summed E-state index contributed by atoms with van der Waals surface area (Å²) >= 11 is 5.86. The minimum absolute atomic E-state index is 0.0603. The van der Waals surface area contributed by atoms with Crippen molar-refractivity contribution in [3.63, 3.8) is 0 Å².